The monoisotopic (exact) mass is 414 g/mol. The Hall–Kier alpha value is -0.720. The molecule has 0 amide bonds. The first kappa shape index (κ1) is 15.2. The van der Waals surface area contributed by atoms with E-state index < -0.39 is 5.60 Å². The first-order valence-electron chi connectivity index (χ1n) is 7.03. The molecule has 3 rings (SSSR count). The van der Waals surface area contributed by atoms with Crippen LogP contribution in [0.1, 0.15) is 32.0 Å². The molecule has 110 valence electrons. The van der Waals surface area contributed by atoms with E-state index in [2.05, 4.69) is 34.5 Å². The molecule has 3 nitrogen and oxygen atoms in total. The lowest BCUT2D eigenvalue weighted by Gasteiger charge is -2.32. The lowest BCUT2D eigenvalue weighted by atomic mass is 9.95. The number of nitrogens with zero attached hydrogens (tertiary/aromatic N) is 2. The maximum atomic E-state index is 6.34. The molecular weight excluding hydrogens is 399 g/mol. The van der Waals surface area contributed by atoms with Crippen molar-refractivity contribution in [1.29, 1.82) is 0 Å². The highest BCUT2D eigenvalue weighted by atomic mass is 127. The number of ether oxygens (including phenoxy) is 1. The van der Waals surface area contributed by atoms with Crippen molar-refractivity contribution >= 4 is 34.2 Å². The van der Waals surface area contributed by atoms with E-state index in [-0.39, 0.29) is 0 Å². The van der Waals surface area contributed by atoms with E-state index in [9.17, 15) is 0 Å². The quantitative estimate of drug-likeness (QED) is 0.522. The van der Waals surface area contributed by atoms with Crippen molar-refractivity contribution in [3.05, 3.63) is 44.9 Å². The van der Waals surface area contributed by atoms with E-state index in [1.54, 1.807) is 0 Å². The van der Waals surface area contributed by atoms with Crippen LogP contribution in [-0.4, -0.2) is 16.6 Å². The highest BCUT2D eigenvalue weighted by Gasteiger charge is 2.34. The van der Waals surface area contributed by atoms with Crippen molar-refractivity contribution in [2.24, 2.45) is 0 Å². The minimum absolute atomic E-state index is 0.435. The molecule has 1 unspecified atom stereocenters. The molecule has 21 heavy (non-hydrogen) atoms. The summed E-state index contributed by atoms with van der Waals surface area (Å²) in [4.78, 5) is 9.25. The van der Waals surface area contributed by atoms with Gasteiger partial charge in [0.15, 0.2) is 5.82 Å². The predicted octanol–water partition coefficient (Wildman–Crippen LogP) is 4.82. The average Bonchev–Trinajstić information content (AvgIpc) is 2.51. The first-order valence-corrected chi connectivity index (χ1v) is 8.49. The summed E-state index contributed by atoms with van der Waals surface area (Å²) in [6, 6.07) is 10.1. The second kappa shape index (κ2) is 6.18. The van der Waals surface area contributed by atoms with Gasteiger partial charge in [-0.3, -0.25) is 0 Å². The van der Waals surface area contributed by atoms with E-state index in [1.165, 1.54) is 0 Å². The van der Waals surface area contributed by atoms with Crippen molar-refractivity contribution in [2.75, 3.05) is 6.61 Å². The van der Waals surface area contributed by atoms with E-state index in [4.69, 9.17) is 21.3 Å². The summed E-state index contributed by atoms with van der Waals surface area (Å²) in [5.41, 5.74) is 1.49. The molecule has 1 aromatic heterocycles. The Morgan fingerprint density at radius 3 is 2.62 bits per heavy atom. The molecule has 2 aromatic rings. The Morgan fingerprint density at radius 2 is 1.95 bits per heavy atom. The number of rotatable bonds is 2. The Bertz CT molecular complexity index is 642. The van der Waals surface area contributed by atoms with Crippen molar-refractivity contribution in [3.63, 3.8) is 0 Å². The van der Waals surface area contributed by atoms with E-state index in [0.717, 1.165) is 40.7 Å². The van der Waals surface area contributed by atoms with Crippen LogP contribution in [-0.2, 0) is 10.3 Å². The third kappa shape index (κ3) is 3.07. The Labute approximate surface area is 143 Å². The maximum absolute atomic E-state index is 6.34. The lowest BCUT2D eigenvalue weighted by molar-refractivity contribution is -0.0760. The minimum atomic E-state index is -0.435. The van der Waals surface area contributed by atoms with Crippen LogP contribution in [0.15, 0.2) is 30.3 Å². The zero-order chi connectivity index (χ0) is 14.9. The van der Waals surface area contributed by atoms with Crippen molar-refractivity contribution in [2.45, 2.75) is 31.8 Å². The summed E-state index contributed by atoms with van der Waals surface area (Å²) in [6.07, 6.45) is 3.15. The average molecular weight is 415 g/mol. The van der Waals surface area contributed by atoms with Crippen molar-refractivity contribution in [3.8, 4) is 11.3 Å². The van der Waals surface area contributed by atoms with Crippen LogP contribution < -0.4 is 0 Å². The zero-order valence-electron chi connectivity index (χ0n) is 11.8. The Kier molecular flexibility index (Phi) is 4.47. The van der Waals surface area contributed by atoms with Crippen LogP contribution in [0.2, 0.25) is 5.15 Å². The molecule has 0 spiro atoms. The van der Waals surface area contributed by atoms with Gasteiger partial charge in [0.25, 0.3) is 0 Å². The van der Waals surface area contributed by atoms with E-state index in [0.29, 0.717) is 11.0 Å². The van der Waals surface area contributed by atoms with Crippen LogP contribution in [0.4, 0.5) is 0 Å². The molecule has 0 aliphatic carbocycles. The number of halogens is 2. The number of hydrogen-bond acceptors (Lipinski definition) is 3. The minimum Gasteiger partial charge on any atom is -0.367 e. The third-order valence-corrected chi connectivity index (χ3v) is 5.41. The first-order chi connectivity index (χ1) is 10.1. The van der Waals surface area contributed by atoms with Gasteiger partial charge in [0.05, 0.1) is 9.26 Å². The fourth-order valence-corrected chi connectivity index (χ4v) is 3.28. The van der Waals surface area contributed by atoms with Crippen LogP contribution >= 0.6 is 34.2 Å². The summed E-state index contributed by atoms with van der Waals surface area (Å²) in [5, 5.41) is 0.495. The van der Waals surface area contributed by atoms with Gasteiger partial charge in [-0.15, -0.1) is 0 Å². The van der Waals surface area contributed by atoms with Crippen LogP contribution in [0.25, 0.3) is 11.3 Å². The molecule has 5 heteroatoms. The van der Waals surface area contributed by atoms with Crippen LogP contribution in [0, 0.1) is 3.57 Å². The van der Waals surface area contributed by atoms with Gasteiger partial charge in [0.1, 0.15) is 10.8 Å². The number of aromatic nitrogens is 2. The molecule has 0 bridgehead atoms. The third-order valence-electron chi connectivity index (χ3n) is 3.80. The molecule has 0 radical (unpaired) electrons. The molecule has 1 saturated heterocycles. The van der Waals surface area contributed by atoms with Gasteiger partial charge in [0.2, 0.25) is 0 Å². The molecule has 0 N–H and O–H groups in total. The summed E-state index contributed by atoms with van der Waals surface area (Å²) >= 11 is 8.54. The molecule has 1 aliphatic heterocycles. The summed E-state index contributed by atoms with van der Waals surface area (Å²) in [5.74, 6) is 0.687. The molecule has 1 atom stereocenters. The van der Waals surface area contributed by atoms with Crippen molar-refractivity contribution in [1.82, 2.24) is 9.97 Å². The summed E-state index contributed by atoms with van der Waals surface area (Å²) < 4.78 is 6.83. The normalized spacial score (nSPS) is 22.2. The fraction of sp³-hybridized carbons (Fsp3) is 0.375. The number of benzene rings is 1. The van der Waals surface area contributed by atoms with Crippen LogP contribution in [0.3, 0.4) is 0 Å². The number of hydrogen-bond donors (Lipinski definition) is 0. The van der Waals surface area contributed by atoms with Gasteiger partial charge in [0, 0.05) is 12.2 Å². The van der Waals surface area contributed by atoms with E-state index >= 15 is 0 Å². The fourth-order valence-electron chi connectivity index (χ4n) is 2.55. The van der Waals surface area contributed by atoms with Gasteiger partial charge in [-0.2, -0.15) is 0 Å². The molecular formula is C16H16ClIN2O. The predicted molar refractivity (Wildman–Crippen MR) is 92.4 cm³/mol. The Morgan fingerprint density at radius 1 is 1.19 bits per heavy atom. The van der Waals surface area contributed by atoms with Gasteiger partial charge >= 0.3 is 0 Å². The van der Waals surface area contributed by atoms with E-state index in [1.807, 2.05) is 30.3 Å². The molecule has 1 fully saturated rings. The summed E-state index contributed by atoms with van der Waals surface area (Å²) in [7, 11) is 0. The highest BCUT2D eigenvalue weighted by molar-refractivity contribution is 14.1. The lowest BCUT2D eigenvalue weighted by Crippen LogP contribution is -2.32. The molecule has 2 heterocycles. The maximum Gasteiger partial charge on any atom is 0.162 e. The standard InChI is InChI=1S/C16H16ClIN2O/c1-16(9-5-6-10-21-16)15-19-13(12(18)14(17)20-15)11-7-3-2-4-8-11/h2-4,7-8H,5-6,9-10H2,1H3. The molecule has 1 aromatic carbocycles. The molecule has 1 aliphatic rings. The smallest absolute Gasteiger partial charge is 0.162 e. The van der Waals surface area contributed by atoms with Gasteiger partial charge in [-0.05, 0) is 48.8 Å². The highest BCUT2D eigenvalue weighted by Crippen LogP contribution is 2.36. The van der Waals surface area contributed by atoms with Gasteiger partial charge in [-0.25, -0.2) is 9.97 Å². The SMILES string of the molecule is CC1(c2nc(Cl)c(I)c(-c3ccccc3)n2)CCCCO1. The summed E-state index contributed by atoms with van der Waals surface area (Å²) in [6.45, 7) is 2.81. The van der Waals surface area contributed by atoms with Gasteiger partial charge < -0.3 is 4.74 Å². The topological polar surface area (TPSA) is 35.0 Å². The van der Waals surface area contributed by atoms with Gasteiger partial charge in [-0.1, -0.05) is 41.9 Å². The Balaban J connectivity index is 2.10. The largest absolute Gasteiger partial charge is 0.367 e. The van der Waals surface area contributed by atoms with Crippen molar-refractivity contribution < 1.29 is 4.74 Å². The van der Waals surface area contributed by atoms with Crippen LogP contribution in [0.5, 0.6) is 0 Å². The molecule has 0 saturated carbocycles. The second-order valence-electron chi connectivity index (χ2n) is 5.40. The second-order valence-corrected chi connectivity index (χ2v) is 6.84. The zero-order valence-corrected chi connectivity index (χ0v) is 14.7.